The van der Waals surface area contributed by atoms with E-state index in [-0.39, 0.29) is 26.9 Å². The number of hydrogen-bond donors (Lipinski definition) is 5. The van der Waals surface area contributed by atoms with Crippen molar-refractivity contribution in [3.8, 4) is 5.75 Å². The minimum Gasteiger partial charge on any atom is -0.504 e. The van der Waals surface area contributed by atoms with Crippen LogP contribution < -0.4 is 5.32 Å². The molecule has 246 valence electrons. The largest absolute Gasteiger partial charge is 0.504 e. The second kappa shape index (κ2) is 13.0. The average Bonchev–Trinajstić information content (AvgIpc) is 3.02. The molecule has 5 rings (SSSR count). The van der Waals surface area contributed by atoms with Crippen LogP contribution in [0.2, 0.25) is 0 Å². The summed E-state index contributed by atoms with van der Waals surface area (Å²) in [4.78, 5) is 11.0. The third-order valence-electron chi connectivity index (χ3n) is 6.53. The normalized spacial score (nSPS) is 12.6. The minimum absolute atomic E-state index is 0.0499. The Labute approximate surface area is 272 Å². The Morgan fingerprint density at radius 1 is 0.562 bits per heavy atom. The van der Waals surface area contributed by atoms with Gasteiger partial charge in [0.1, 0.15) is 10.6 Å². The van der Waals surface area contributed by atoms with Crippen molar-refractivity contribution in [2.75, 3.05) is 5.32 Å². The molecule has 0 aliphatic rings. The molecular formula is C29H21N5O11S3. The summed E-state index contributed by atoms with van der Waals surface area (Å²) in [5.74, 6) is -1.43. The lowest BCUT2D eigenvalue weighted by molar-refractivity contribution is 0.102. The predicted molar refractivity (Wildman–Crippen MR) is 171 cm³/mol. The summed E-state index contributed by atoms with van der Waals surface area (Å²) in [6.07, 6.45) is 0. The first-order valence-electron chi connectivity index (χ1n) is 13.2. The van der Waals surface area contributed by atoms with Crippen molar-refractivity contribution in [3.05, 3.63) is 103 Å². The molecule has 5 N–H and O–H groups in total. The van der Waals surface area contributed by atoms with Gasteiger partial charge in [0.05, 0.1) is 26.9 Å². The summed E-state index contributed by atoms with van der Waals surface area (Å²) in [5.41, 5.74) is 1.19. The maximum absolute atomic E-state index is 12.8. The third-order valence-corrected chi connectivity index (χ3v) is 9.12. The number of phenols is 1. The number of carbonyl (C=O) groups excluding carboxylic acids is 1. The fourth-order valence-electron chi connectivity index (χ4n) is 4.19. The van der Waals surface area contributed by atoms with Crippen molar-refractivity contribution in [1.29, 1.82) is 0 Å². The van der Waals surface area contributed by atoms with Crippen molar-refractivity contribution in [1.82, 2.24) is 0 Å². The molecule has 5 aromatic carbocycles. The highest BCUT2D eigenvalue weighted by Crippen LogP contribution is 2.42. The first-order valence-corrected chi connectivity index (χ1v) is 17.5. The number of azo groups is 2. The van der Waals surface area contributed by atoms with E-state index in [9.17, 15) is 44.3 Å². The van der Waals surface area contributed by atoms with Crippen LogP contribution in [0.4, 0.5) is 28.4 Å². The zero-order valence-corrected chi connectivity index (χ0v) is 26.3. The van der Waals surface area contributed by atoms with Gasteiger partial charge in [-0.15, -0.1) is 5.11 Å². The Bertz CT molecular complexity index is 2450. The van der Waals surface area contributed by atoms with E-state index in [0.717, 1.165) is 24.3 Å². The number of rotatable bonds is 9. The molecule has 0 saturated carbocycles. The lowest BCUT2D eigenvalue weighted by Gasteiger charge is -2.09. The molecule has 0 radical (unpaired) electrons. The Morgan fingerprint density at radius 3 is 1.56 bits per heavy atom. The zero-order valence-electron chi connectivity index (χ0n) is 23.9. The second-order valence-electron chi connectivity index (χ2n) is 9.82. The molecule has 0 heterocycles. The van der Waals surface area contributed by atoms with Crippen molar-refractivity contribution in [2.24, 2.45) is 20.5 Å². The van der Waals surface area contributed by atoms with Crippen molar-refractivity contribution < 1.29 is 48.8 Å². The van der Waals surface area contributed by atoms with E-state index in [4.69, 9.17) is 4.55 Å². The Kier molecular flexibility index (Phi) is 9.17. The van der Waals surface area contributed by atoms with Crippen LogP contribution in [-0.4, -0.2) is 49.9 Å². The van der Waals surface area contributed by atoms with Crippen LogP contribution in [0.25, 0.3) is 10.8 Å². The van der Waals surface area contributed by atoms with Crippen molar-refractivity contribution >= 4 is 75.5 Å². The highest BCUT2D eigenvalue weighted by atomic mass is 32.2. The fraction of sp³-hybridized carbons (Fsp3) is 0. The van der Waals surface area contributed by atoms with Gasteiger partial charge in [-0.3, -0.25) is 18.5 Å². The SMILES string of the molecule is O=C(Nc1ccc(N=Nc2ccc(S(=O)(=O)O)cc2)cc1)c1ccc(N=Nc2c(O)c(S(=O)(=O)O)cc3cc(S(=O)(=O)O)ccc23)cc1. The maximum atomic E-state index is 12.8. The first-order chi connectivity index (χ1) is 22.5. The fourth-order valence-corrected chi connectivity index (χ4v) is 5.80. The maximum Gasteiger partial charge on any atom is 0.298 e. The van der Waals surface area contributed by atoms with Gasteiger partial charge in [-0.25, -0.2) is 0 Å². The molecule has 0 atom stereocenters. The number of amides is 1. The molecular weight excluding hydrogens is 691 g/mol. The van der Waals surface area contributed by atoms with E-state index in [1.165, 1.54) is 48.5 Å². The van der Waals surface area contributed by atoms with E-state index in [1.807, 2.05) is 0 Å². The number of nitrogens with zero attached hydrogens (tertiary/aromatic N) is 4. The van der Waals surface area contributed by atoms with Gasteiger partial charge in [0.15, 0.2) is 5.75 Å². The number of aromatic hydroxyl groups is 1. The standard InChI is InChI=1S/C29H21N5O11S3/c35-28-26(48(43,44)45)16-18-15-24(47(40,41)42)13-14-25(18)27(28)34-33-20-3-1-17(2-4-20)29(36)30-19-5-7-21(8-6-19)31-32-22-9-11-23(12-10-22)46(37,38)39/h1-16,35H,(H,30,36)(H,37,38,39)(H,40,41,42)(H,43,44,45). The van der Waals surface area contributed by atoms with E-state index in [2.05, 4.69) is 25.8 Å². The van der Waals surface area contributed by atoms with E-state index in [1.54, 1.807) is 24.3 Å². The molecule has 0 unspecified atom stereocenters. The second-order valence-corrected chi connectivity index (χ2v) is 14.1. The van der Waals surface area contributed by atoms with Gasteiger partial charge in [0, 0.05) is 16.6 Å². The van der Waals surface area contributed by atoms with Crippen LogP contribution in [0.5, 0.6) is 5.75 Å². The number of phenolic OH excluding ortho intramolecular Hbond substituents is 1. The average molecular weight is 712 g/mol. The topological polar surface area (TPSA) is 262 Å². The summed E-state index contributed by atoms with van der Waals surface area (Å²) in [6.45, 7) is 0. The third kappa shape index (κ3) is 7.91. The smallest absolute Gasteiger partial charge is 0.298 e. The van der Waals surface area contributed by atoms with Gasteiger partial charge < -0.3 is 10.4 Å². The highest BCUT2D eigenvalue weighted by molar-refractivity contribution is 7.86. The molecule has 19 heteroatoms. The molecule has 0 saturated heterocycles. The predicted octanol–water partition coefficient (Wildman–Crippen LogP) is 6.37. The Balaban J connectivity index is 1.30. The lowest BCUT2D eigenvalue weighted by Crippen LogP contribution is -2.11. The monoisotopic (exact) mass is 711 g/mol. The molecule has 0 aliphatic heterocycles. The van der Waals surface area contributed by atoms with Gasteiger partial charge in [-0.1, -0.05) is 6.07 Å². The minimum atomic E-state index is -4.98. The molecule has 5 aromatic rings. The molecule has 0 spiro atoms. The summed E-state index contributed by atoms with van der Waals surface area (Å²) in [5, 5.41) is 29.1. The van der Waals surface area contributed by atoms with Crippen LogP contribution in [0.3, 0.4) is 0 Å². The molecule has 1 amide bonds. The van der Waals surface area contributed by atoms with Crippen LogP contribution in [-0.2, 0) is 30.4 Å². The van der Waals surface area contributed by atoms with Gasteiger partial charge in [0.25, 0.3) is 36.3 Å². The summed E-state index contributed by atoms with van der Waals surface area (Å²) >= 11 is 0. The number of nitrogens with one attached hydrogen (secondary N) is 1. The highest BCUT2D eigenvalue weighted by Gasteiger charge is 2.23. The molecule has 0 aromatic heterocycles. The van der Waals surface area contributed by atoms with E-state index < -0.39 is 57.5 Å². The van der Waals surface area contributed by atoms with Gasteiger partial charge in [0.2, 0.25) is 0 Å². The van der Waals surface area contributed by atoms with Crippen LogP contribution in [0.1, 0.15) is 10.4 Å². The van der Waals surface area contributed by atoms with Gasteiger partial charge >= 0.3 is 0 Å². The van der Waals surface area contributed by atoms with E-state index in [0.29, 0.717) is 17.1 Å². The van der Waals surface area contributed by atoms with Gasteiger partial charge in [-0.05, 0) is 96.4 Å². The van der Waals surface area contributed by atoms with Gasteiger partial charge in [-0.2, -0.15) is 40.6 Å². The van der Waals surface area contributed by atoms with Crippen molar-refractivity contribution in [3.63, 3.8) is 0 Å². The Hall–Kier alpha value is -5.44. The zero-order chi connectivity index (χ0) is 34.9. The first kappa shape index (κ1) is 33.9. The Morgan fingerprint density at radius 2 is 1.04 bits per heavy atom. The number of anilines is 1. The summed E-state index contributed by atoms with van der Waals surface area (Å²) in [7, 11) is -14.0. The van der Waals surface area contributed by atoms with E-state index >= 15 is 0 Å². The summed E-state index contributed by atoms with van der Waals surface area (Å²) in [6, 6.07) is 21.0. The quantitative estimate of drug-likeness (QED) is 0.0828. The molecule has 0 bridgehead atoms. The lowest BCUT2D eigenvalue weighted by atomic mass is 10.1. The number of hydrogen-bond acceptors (Lipinski definition) is 12. The molecule has 48 heavy (non-hydrogen) atoms. The summed E-state index contributed by atoms with van der Waals surface area (Å²) < 4.78 is 97.1. The van der Waals surface area contributed by atoms with Crippen LogP contribution in [0.15, 0.2) is 132 Å². The number of fused-ring (bicyclic) bond motifs is 1. The molecule has 16 nitrogen and oxygen atoms in total. The van der Waals surface area contributed by atoms with Crippen molar-refractivity contribution in [2.45, 2.75) is 14.7 Å². The molecule has 0 aliphatic carbocycles. The number of carbonyl (C=O) groups is 1. The van der Waals surface area contributed by atoms with Crippen LogP contribution >= 0.6 is 0 Å². The van der Waals surface area contributed by atoms with Crippen LogP contribution in [0, 0.1) is 0 Å². The number of benzene rings is 5. The molecule has 0 fully saturated rings.